The van der Waals surface area contributed by atoms with Gasteiger partial charge in [0.1, 0.15) is 0 Å². The molecule has 2 rings (SSSR count). The number of aromatic hydroxyl groups is 4. The molecule has 0 aromatic heterocycles. The molecule has 0 aliphatic heterocycles. The maximum Gasteiger partial charge on any atom is 0.157 e. The highest BCUT2D eigenvalue weighted by Crippen LogP contribution is 2.36. The lowest BCUT2D eigenvalue weighted by Gasteiger charge is -2.32. The Bertz CT molecular complexity index is 692. The summed E-state index contributed by atoms with van der Waals surface area (Å²) in [5.41, 5.74) is 1.89. The average Bonchev–Trinajstić information content (AvgIpc) is 2.46. The number of rotatable bonds is 5. The molecule has 124 valence electrons. The minimum atomic E-state index is -0.112. The molecule has 0 spiro atoms. The Hall–Kier alpha value is -2.36. The van der Waals surface area contributed by atoms with E-state index < -0.39 is 0 Å². The average molecular weight is 316 g/mol. The van der Waals surface area contributed by atoms with Crippen LogP contribution < -0.4 is 0 Å². The van der Waals surface area contributed by atoms with Crippen molar-refractivity contribution in [1.82, 2.24) is 0 Å². The van der Waals surface area contributed by atoms with Crippen molar-refractivity contribution in [3.63, 3.8) is 0 Å². The molecule has 0 bridgehead atoms. The Labute approximate surface area is 136 Å². The van der Waals surface area contributed by atoms with Gasteiger partial charge in [-0.3, -0.25) is 0 Å². The minimum absolute atomic E-state index is 0.0447. The zero-order valence-corrected chi connectivity index (χ0v) is 13.7. The molecule has 0 heterocycles. The van der Waals surface area contributed by atoms with Crippen LogP contribution in [0.2, 0.25) is 0 Å². The van der Waals surface area contributed by atoms with Gasteiger partial charge >= 0.3 is 0 Å². The molecule has 0 radical (unpaired) electrons. The summed E-state index contributed by atoms with van der Waals surface area (Å²) in [5, 5.41) is 38.0. The zero-order chi connectivity index (χ0) is 17.2. The van der Waals surface area contributed by atoms with Crippen molar-refractivity contribution in [2.45, 2.75) is 33.6 Å². The highest BCUT2D eigenvalue weighted by atomic mass is 16.3. The molecule has 0 aliphatic rings. The lowest BCUT2D eigenvalue weighted by molar-refractivity contribution is 0.227. The van der Waals surface area contributed by atoms with Crippen LogP contribution in [-0.2, 0) is 12.8 Å². The standard InChI is InChI=1S/C19H24O4/c1-12(8-13-4-6-15(20)17(22)9-13)19(2,3)11-14-5-7-16(21)18(23)10-14/h4-7,9-10,12,20-23H,8,11H2,1-3H3/t12-/m1/s1. The van der Waals surface area contributed by atoms with Crippen molar-refractivity contribution < 1.29 is 20.4 Å². The van der Waals surface area contributed by atoms with Gasteiger partial charge in [-0.1, -0.05) is 32.9 Å². The highest BCUT2D eigenvalue weighted by Gasteiger charge is 2.27. The van der Waals surface area contributed by atoms with Gasteiger partial charge in [0.25, 0.3) is 0 Å². The van der Waals surface area contributed by atoms with Crippen LogP contribution in [0.5, 0.6) is 23.0 Å². The third-order valence-electron chi connectivity index (χ3n) is 4.62. The van der Waals surface area contributed by atoms with E-state index in [-0.39, 0.29) is 28.4 Å². The van der Waals surface area contributed by atoms with Gasteiger partial charge in [0.15, 0.2) is 23.0 Å². The van der Waals surface area contributed by atoms with Crippen molar-refractivity contribution in [3.8, 4) is 23.0 Å². The van der Waals surface area contributed by atoms with Crippen LogP contribution in [0.15, 0.2) is 36.4 Å². The molecule has 0 fully saturated rings. The summed E-state index contributed by atoms with van der Waals surface area (Å²) in [4.78, 5) is 0. The molecule has 0 saturated heterocycles. The van der Waals surface area contributed by atoms with E-state index in [0.717, 1.165) is 24.0 Å². The van der Waals surface area contributed by atoms with Crippen LogP contribution in [0.3, 0.4) is 0 Å². The van der Waals surface area contributed by atoms with E-state index in [9.17, 15) is 20.4 Å². The van der Waals surface area contributed by atoms with Crippen molar-refractivity contribution in [1.29, 1.82) is 0 Å². The second-order valence-electron chi connectivity index (χ2n) is 6.92. The summed E-state index contributed by atoms with van der Waals surface area (Å²) >= 11 is 0. The molecule has 1 atom stereocenters. The van der Waals surface area contributed by atoms with Crippen molar-refractivity contribution in [2.75, 3.05) is 0 Å². The summed E-state index contributed by atoms with van der Waals surface area (Å²) in [6.45, 7) is 6.45. The number of benzene rings is 2. The Balaban J connectivity index is 2.10. The van der Waals surface area contributed by atoms with Crippen LogP contribution >= 0.6 is 0 Å². The van der Waals surface area contributed by atoms with E-state index in [1.807, 2.05) is 12.1 Å². The van der Waals surface area contributed by atoms with Gasteiger partial charge in [-0.25, -0.2) is 0 Å². The molecule has 0 amide bonds. The molecule has 4 N–H and O–H groups in total. The number of hydrogen-bond acceptors (Lipinski definition) is 4. The van der Waals surface area contributed by atoms with Gasteiger partial charge in [0.05, 0.1) is 0 Å². The number of hydrogen-bond donors (Lipinski definition) is 4. The third-order valence-corrected chi connectivity index (χ3v) is 4.62. The SMILES string of the molecule is C[C@H](Cc1ccc(O)c(O)c1)C(C)(C)Cc1ccc(O)c(O)c1. The van der Waals surface area contributed by atoms with E-state index >= 15 is 0 Å². The molecule has 2 aromatic rings. The summed E-state index contributed by atoms with van der Waals surface area (Å²) in [5.74, 6) is -0.118. The smallest absolute Gasteiger partial charge is 0.157 e. The summed E-state index contributed by atoms with van der Waals surface area (Å²) in [7, 11) is 0. The zero-order valence-electron chi connectivity index (χ0n) is 13.7. The molecule has 0 aliphatic carbocycles. The van der Waals surface area contributed by atoms with Crippen LogP contribution in [0.4, 0.5) is 0 Å². The van der Waals surface area contributed by atoms with E-state index in [4.69, 9.17) is 0 Å². The second-order valence-corrected chi connectivity index (χ2v) is 6.92. The van der Waals surface area contributed by atoms with Crippen LogP contribution in [-0.4, -0.2) is 20.4 Å². The van der Waals surface area contributed by atoms with Gasteiger partial charge < -0.3 is 20.4 Å². The summed E-state index contributed by atoms with van der Waals surface area (Å²) in [6, 6.07) is 9.82. The first-order valence-corrected chi connectivity index (χ1v) is 7.71. The predicted octanol–water partition coefficient (Wildman–Crippen LogP) is 3.96. The lowest BCUT2D eigenvalue weighted by Crippen LogP contribution is -2.26. The Morgan fingerprint density at radius 3 is 1.78 bits per heavy atom. The van der Waals surface area contributed by atoms with Crippen LogP contribution in [0, 0.1) is 11.3 Å². The maximum atomic E-state index is 9.63. The largest absolute Gasteiger partial charge is 0.504 e. The lowest BCUT2D eigenvalue weighted by atomic mass is 9.73. The number of phenols is 4. The summed E-state index contributed by atoms with van der Waals surface area (Å²) < 4.78 is 0. The van der Waals surface area contributed by atoms with E-state index in [0.29, 0.717) is 5.92 Å². The van der Waals surface area contributed by atoms with Gasteiger partial charge in [0.2, 0.25) is 0 Å². The van der Waals surface area contributed by atoms with Gasteiger partial charge in [0, 0.05) is 0 Å². The molecule has 0 saturated carbocycles. The maximum absolute atomic E-state index is 9.63. The second kappa shape index (κ2) is 6.41. The van der Waals surface area contributed by atoms with Crippen molar-refractivity contribution >= 4 is 0 Å². The van der Waals surface area contributed by atoms with Crippen molar-refractivity contribution in [3.05, 3.63) is 47.5 Å². The van der Waals surface area contributed by atoms with E-state index in [2.05, 4.69) is 20.8 Å². The first kappa shape index (κ1) is 17.0. The number of phenolic OH excluding ortho intramolecular Hbond substituents is 4. The van der Waals surface area contributed by atoms with Gasteiger partial charge in [-0.2, -0.15) is 0 Å². The Kier molecular flexibility index (Phi) is 4.73. The Morgan fingerprint density at radius 1 is 0.783 bits per heavy atom. The fourth-order valence-corrected chi connectivity index (χ4v) is 2.71. The quantitative estimate of drug-likeness (QED) is 0.630. The van der Waals surface area contributed by atoms with E-state index in [1.165, 1.54) is 12.1 Å². The molecule has 23 heavy (non-hydrogen) atoms. The first-order chi connectivity index (χ1) is 10.7. The highest BCUT2D eigenvalue weighted by molar-refractivity contribution is 5.41. The molecule has 0 unspecified atom stereocenters. The van der Waals surface area contributed by atoms with Crippen molar-refractivity contribution in [2.24, 2.45) is 11.3 Å². The molecule has 4 nitrogen and oxygen atoms in total. The third kappa shape index (κ3) is 4.09. The van der Waals surface area contributed by atoms with Crippen LogP contribution in [0.25, 0.3) is 0 Å². The van der Waals surface area contributed by atoms with Crippen LogP contribution in [0.1, 0.15) is 31.9 Å². The normalized spacial score (nSPS) is 13.0. The van der Waals surface area contributed by atoms with Gasteiger partial charge in [-0.15, -0.1) is 0 Å². The fourth-order valence-electron chi connectivity index (χ4n) is 2.71. The Morgan fingerprint density at radius 2 is 1.26 bits per heavy atom. The molecule has 2 aromatic carbocycles. The monoisotopic (exact) mass is 316 g/mol. The molecular formula is C19H24O4. The predicted molar refractivity (Wildman–Crippen MR) is 89.9 cm³/mol. The first-order valence-electron chi connectivity index (χ1n) is 7.71. The fraction of sp³-hybridized carbons (Fsp3) is 0.368. The van der Waals surface area contributed by atoms with E-state index in [1.54, 1.807) is 12.1 Å². The summed E-state index contributed by atoms with van der Waals surface area (Å²) in [6.07, 6.45) is 1.52. The topological polar surface area (TPSA) is 80.9 Å². The van der Waals surface area contributed by atoms with Gasteiger partial charge in [-0.05, 0) is 59.6 Å². The minimum Gasteiger partial charge on any atom is -0.504 e. The molecular weight excluding hydrogens is 292 g/mol. The molecule has 4 heteroatoms.